The average Bonchev–Trinajstić information content (AvgIpc) is 2.25. The molecule has 6 heteroatoms. The second-order valence-corrected chi connectivity index (χ2v) is 3.01. The molecule has 84 valence electrons. The SMILES string of the molecule is COC(=O)C=Cc1cc(C)c([N+](=O)[O-])cn1. The van der Waals surface area contributed by atoms with E-state index in [2.05, 4.69) is 9.72 Å². The van der Waals surface area contributed by atoms with Crippen LogP contribution in [0.1, 0.15) is 11.3 Å². The molecule has 0 fully saturated rings. The van der Waals surface area contributed by atoms with E-state index in [1.807, 2.05) is 0 Å². The van der Waals surface area contributed by atoms with Crippen LogP contribution in [-0.4, -0.2) is 23.0 Å². The van der Waals surface area contributed by atoms with Gasteiger partial charge in [0.25, 0.3) is 5.69 Å². The van der Waals surface area contributed by atoms with Crippen LogP contribution in [0.15, 0.2) is 18.3 Å². The number of carbonyl (C=O) groups excluding carboxylic acids is 1. The zero-order chi connectivity index (χ0) is 12.1. The molecule has 1 rings (SSSR count). The van der Waals surface area contributed by atoms with Crippen LogP contribution >= 0.6 is 0 Å². The van der Waals surface area contributed by atoms with Gasteiger partial charge in [-0.2, -0.15) is 0 Å². The highest BCUT2D eigenvalue weighted by Gasteiger charge is 2.10. The van der Waals surface area contributed by atoms with Crippen LogP contribution in [0.3, 0.4) is 0 Å². The van der Waals surface area contributed by atoms with Crippen molar-refractivity contribution in [2.75, 3.05) is 7.11 Å². The molecule has 0 aliphatic rings. The minimum atomic E-state index is -0.504. The Bertz CT molecular complexity index is 454. The molecular formula is C10H10N2O4. The average molecular weight is 222 g/mol. The van der Waals surface area contributed by atoms with Gasteiger partial charge in [0.05, 0.1) is 17.7 Å². The largest absolute Gasteiger partial charge is 0.466 e. The van der Waals surface area contributed by atoms with Gasteiger partial charge in [-0.15, -0.1) is 0 Å². The van der Waals surface area contributed by atoms with Crippen LogP contribution in [0, 0.1) is 17.0 Å². The number of methoxy groups -OCH3 is 1. The van der Waals surface area contributed by atoms with Crippen molar-refractivity contribution in [3.63, 3.8) is 0 Å². The van der Waals surface area contributed by atoms with E-state index in [-0.39, 0.29) is 5.69 Å². The molecule has 0 saturated heterocycles. The van der Waals surface area contributed by atoms with Crippen molar-refractivity contribution in [1.29, 1.82) is 0 Å². The number of aromatic nitrogens is 1. The molecule has 1 heterocycles. The molecule has 0 saturated carbocycles. The molecule has 1 aromatic heterocycles. The molecule has 0 atom stereocenters. The molecule has 0 radical (unpaired) electrons. The van der Waals surface area contributed by atoms with Crippen molar-refractivity contribution < 1.29 is 14.5 Å². The summed E-state index contributed by atoms with van der Waals surface area (Å²) in [5.41, 5.74) is 0.910. The fourth-order valence-corrected chi connectivity index (χ4v) is 1.07. The Morgan fingerprint density at radius 3 is 2.81 bits per heavy atom. The summed E-state index contributed by atoms with van der Waals surface area (Å²) in [4.78, 5) is 24.6. The molecule has 0 amide bonds. The summed E-state index contributed by atoms with van der Waals surface area (Å²) in [5, 5.41) is 10.5. The number of carbonyl (C=O) groups is 1. The second-order valence-electron chi connectivity index (χ2n) is 3.01. The summed E-state index contributed by atoms with van der Waals surface area (Å²) in [7, 11) is 1.27. The third kappa shape index (κ3) is 2.88. The summed E-state index contributed by atoms with van der Waals surface area (Å²) < 4.78 is 4.40. The normalized spacial score (nSPS) is 10.4. The van der Waals surface area contributed by atoms with Gasteiger partial charge in [0.1, 0.15) is 6.20 Å². The van der Waals surface area contributed by atoms with Gasteiger partial charge in [0.2, 0.25) is 0 Å². The molecule has 0 aromatic carbocycles. The number of aryl methyl sites for hydroxylation is 1. The quantitative estimate of drug-likeness (QED) is 0.335. The summed E-state index contributed by atoms with van der Waals surface area (Å²) in [5.74, 6) is -0.502. The van der Waals surface area contributed by atoms with E-state index < -0.39 is 10.9 Å². The maximum atomic E-state index is 10.8. The Labute approximate surface area is 91.7 Å². The maximum Gasteiger partial charge on any atom is 0.330 e. The topological polar surface area (TPSA) is 82.3 Å². The Morgan fingerprint density at radius 2 is 2.31 bits per heavy atom. The molecule has 0 N–H and O–H groups in total. The first-order valence-corrected chi connectivity index (χ1v) is 4.41. The zero-order valence-electron chi connectivity index (χ0n) is 8.84. The second kappa shape index (κ2) is 5.01. The van der Waals surface area contributed by atoms with E-state index in [0.717, 1.165) is 6.20 Å². The van der Waals surface area contributed by atoms with E-state index in [1.165, 1.54) is 25.3 Å². The lowest BCUT2D eigenvalue weighted by Gasteiger charge is -1.97. The fraction of sp³-hybridized carbons (Fsp3) is 0.200. The summed E-state index contributed by atoms with van der Waals surface area (Å²) in [6.45, 7) is 1.61. The number of hydrogen-bond acceptors (Lipinski definition) is 5. The van der Waals surface area contributed by atoms with Gasteiger partial charge >= 0.3 is 5.97 Å². The lowest BCUT2D eigenvalue weighted by atomic mass is 10.2. The molecule has 0 aliphatic carbocycles. The van der Waals surface area contributed by atoms with Crippen LogP contribution in [0.25, 0.3) is 6.08 Å². The molecule has 16 heavy (non-hydrogen) atoms. The smallest absolute Gasteiger partial charge is 0.330 e. The van der Waals surface area contributed by atoms with Crippen LogP contribution in [-0.2, 0) is 9.53 Å². The van der Waals surface area contributed by atoms with E-state index in [0.29, 0.717) is 11.3 Å². The first kappa shape index (κ1) is 11.8. The number of esters is 1. The number of nitrogens with zero attached hydrogens (tertiary/aromatic N) is 2. The van der Waals surface area contributed by atoms with Gasteiger partial charge in [-0.05, 0) is 19.1 Å². The number of ether oxygens (including phenoxy) is 1. The van der Waals surface area contributed by atoms with Crippen molar-refractivity contribution in [2.24, 2.45) is 0 Å². The van der Waals surface area contributed by atoms with Crippen molar-refractivity contribution in [2.45, 2.75) is 6.92 Å². The molecule has 0 bridgehead atoms. The number of rotatable bonds is 3. The molecular weight excluding hydrogens is 212 g/mol. The highest BCUT2D eigenvalue weighted by atomic mass is 16.6. The lowest BCUT2D eigenvalue weighted by Crippen LogP contribution is -1.96. The fourth-order valence-electron chi connectivity index (χ4n) is 1.07. The van der Waals surface area contributed by atoms with Gasteiger partial charge in [0.15, 0.2) is 0 Å². The van der Waals surface area contributed by atoms with Gasteiger partial charge in [-0.25, -0.2) is 9.78 Å². The summed E-state index contributed by atoms with van der Waals surface area (Å²) >= 11 is 0. The Kier molecular flexibility index (Phi) is 3.71. The first-order valence-electron chi connectivity index (χ1n) is 4.41. The predicted octanol–water partition coefficient (Wildman–Crippen LogP) is 1.48. The monoisotopic (exact) mass is 222 g/mol. The summed E-state index contributed by atoms with van der Waals surface area (Å²) in [6, 6.07) is 1.53. The molecule has 0 aliphatic heterocycles. The van der Waals surface area contributed by atoms with E-state index in [1.54, 1.807) is 6.92 Å². The van der Waals surface area contributed by atoms with Gasteiger partial charge in [-0.1, -0.05) is 0 Å². The number of pyridine rings is 1. The van der Waals surface area contributed by atoms with Gasteiger partial charge in [0, 0.05) is 11.6 Å². The van der Waals surface area contributed by atoms with Gasteiger partial charge in [-0.3, -0.25) is 10.1 Å². The van der Waals surface area contributed by atoms with Crippen molar-refractivity contribution in [3.05, 3.63) is 39.7 Å². The van der Waals surface area contributed by atoms with Crippen molar-refractivity contribution in [1.82, 2.24) is 4.98 Å². The zero-order valence-corrected chi connectivity index (χ0v) is 8.84. The first-order chi connectivity index (χ1) is 7.54. The summed E-state index contributed by atoms with van der Waals surface area (Å²) in [6.07, 6.45) is 3.79. The molecule has 6 nitrogen and oxygen atoms in total. The maximum absolute atomic E-state index is 10.8. The van der Waals surface area contributed by atoms with Crippen molar-refractivity contribution >= 4 is 17.7 Å². The van der Waals surface area contributed by atoms with Crippen LogP contribution < -0.4 is 0 Å². The Morgan fingerprint density at radius 1 is 1.62 bits per heavy atom. The molecule has 1 aromatic rings. The highest BCUT2D eigenvalue weighted by Crippen LogP contribution is 2.16. The highest BCUT2D eigenvalue weighted by molar-refractivity contribution is 5.86. The Balaban J connectivity index is 2.94. The number of hydrogen-bond donors (Lipinski definition) is 0. The standard InChI is InChI=1S/C10H10N2O4/c1-7-5-8(3-4-10(13)16-2)11-6-9(7)12(14)15/h3-6H,1-2H3. The predicted molar refractivity (Wildman–Crippen MR) is 56.7 cm³/mol. The minimum absolute atomic E-state index is 0.0461. The number of nitro groups is 1. The molecule has 0 spiro atoms. The minimum Gasteiger partial charge on any atom is -0.466 e. The van der Waals surface area contributed by atoms with Crippen LogP contribution in [0.4, 0.5) is 5.69 Å². The Hall–Kier alpha value is -2.24. The van der Waals surface area contributed by atoms with Gasteiger partial charge < -0.3 is 4.74 Å². The van der Waals surface area contributed by atoms with Crippen molar-refractivity contribution in [3.8, 4) is 0 Å². The van der Waals surface area contributed by atoms with E-state index in [9.17, 15) is 14.9 Å². The van der Waals surface area contributed by atoms with Crippen LogP contribution in [0.5, 0.6) is 0 Å². The lowest BCUT2D eigenvalue weighted by molar-refractivity contribution is -0.385. The van der Waals surface area contributed by atoms with E-state index >= 15 is 0 Å². The molecule has 0 unspecified atom stereocenters. The van der Waals surface area contributed by atoms with Crippen LogP contribution in [0.2, 0.25) is 0 Å². The third-order valence-electron chi connectivity index (χ3n) is 1.89. The third-order valence-corrected chi connectivity index (χ3v) is 1.89. The van der Waals surface area contributed by atoms with E-state index in [4.69, 9.17) is 0 Å².